The number of thiazole rings is 1. The number of carboxylic acid groups (broad SMARTS) is 1. The Labute approximate surface area is 193 Å². The molecule has 0 saturated carbocycles. The van der Waals surface area contributed by atoms with E-state index in [1.807, 2.05) is 12.1 Å². The first-order valence-corrected chi connectivity index (χ1v) is 11.1. The Morgan fingerprint density at radius 2 is 1.97 bits per heavy atom. The Morgan fingerprint density at radius 1 is 1.19 bits per heavy atom. The lowest BCUT2D eigenvalue weighted by Gasteiger charge is -2.22. The van der Waals surface area contributed by atoms with Gasteiger partial charge in [0.25, 0.3) is 0 Å². The fraction of sp³-hybridized carbons (Fsp3) is 0.167. The van der Waals surface area contributed by atoms with E-state index in [9.17, 15) is 9.18 Å². The molecule has 0 saturated heterocycles. The van der Waals surface area contributed by atoms with Crippen molar-refractivity contribution in [2.24, 2.45) is 0 Å². The van der Waals surface area contributed by atoms with Crippen LogP contribution in [0.25, 0.3) is 10.2 Å². The van der Waals surface area contributed by atoms with Crippen LogP contribution in [0.3, 0.4) is 0 Å². The van der Waals surface area contributed by atoms with E-state index in [2.05, 4.69) is 9.88 Å². The number of ether oxygens (including phenoxy) is 1. The minimum atomic E-state index is -0.968. The number of carbonyl (C=O) groups is 1. The minimum Gasteiger partial charge on any atom is -0.497 e. The normalized spacial score (nSPS) is 11.0. The molecule has 0 fully saturated rings. The summed E-state index contributed by atoms with van der Waals surface area (Å²) in [6.45, 7) is 1.09. The zero-order valence-electron chi connectivity index (χ0n) is 17.2. The summed E-state index contributed by atoms with van der Waals surface area (Å²) in [5.41, 5.74) is 2.73. The highest BCUT2D eigenvalue weighted by molar-refractivity contribution is 7.22. The van der Waals surface area contributed by atoms with Crippen molar-refractivity contribution in [1.82, 2.24) is 4.98 Å². The van der Waals surface area contributed by atoms with Crippen molar-refractivity contribution in [3.63, 3.8) is 0 Å². The van der Waals surface area contributed by atoms with Crippen LogP contribution in [0.2, 0.25) is 5.02 Å². The van der Waals surface area contributed by atoms with E-state index in [1.165, 1.54) is 17.4 Å². The van der Waals surface area contributed by atoms with Crippen molar-refractivity contribution in [1.29, 1.82) is 0 Å². The number of hydrogen-bond acceptors (Lipinski definition) is 5. The van der Waals surface area contributed by atoms with Gasteiger partial charge >= 0.3 is 5.97 Å². The topological polar surface area (TPSA) is 62.7 Å². The number of aromatic nitrogens is 1. The predicted octanol–water partition coefficient (Wildman–Crippen LogP) is 6.04. The highest BCUT2D eigenvalue weighted by atomic mass is 35.5. The standard InChI is InChI=1S/C24H20ClFN2O3S/c1-31-18-10-9-16(19(25)13-18)11-12-28(14-15-5-7-17(8-6-15)23(29)30)24-27-21-4-2-3-20(26)22(21)32-24/h2-10,13H,11-12,14H2,1H3,(H,29,30). The molecule has 1 N–H and O–H groups in total. The molecule has 0 aliphatic carbocycles. The predicted molar refractivity (Wildman–Crippen MR) is 126 cm³/mol. The highest BCUT2D eigenvalue weighted by Crippen LogP contribution is 2.32. The SMILES string of the molecule is COc1ccc(CCN(Cc2ccc(C(=O)O)cc2)c2nc3cccc(F)c3s2)c(Cl)c1. The van der Waals surface area contributed by atoms with Gasteiger partial charge in [-0.1, -0.05) is 47.2 Å². The van der Waals surface area contributed by atoms with Crippen LogP contribution in [0.4, 0.5) is 9.52 Å². The number of methoxy groups -OCH3 is 1. The van der Waals surface area contributed by atoms with E-state index in [-0.39, 0.29) is 11.4 Å². The molecule has 0 unspecified atom stereocenters. The first-order chi connectivity index (χ1) is 15.4. The highest BCUT2D eigenvalue weighted by Gasteiger charge is 2.16. The van der Waals surface area contributed by atoms with Gasteiger partial charge in [-0.15, -0.1) is 0 Å². The van der Waals surface area contributed by atoms with Crippen molar-refractivity contribution in [3.8, 4) is 5.75 Å². The fourth-order valence-electron chi connectivity index (χ4n) is 3.37. The van der Waals surface area contributed by atoms with Crippen LogP contribution in [0, 0.1) is 5.82 Å². The van der Waals surface area contributed by atoms with Crippen LogP contribution >= 0.6 is 22.9 Å². The van der Waals surface area contributed by atoms with Gasteiger partial charge in [0, 0.05) is 18.1 Å². The number of halogens is 2. The molecule has 4 rings (SSSR count). The molecule has 32 heavy (non-hydrogen) atoms. The maximum atomic E-state index is 14.3. The number of aromatic carboxylic acids is 1. The summed E-state index contributed by atoms with van der Waals surface area (Å²) in [7, 11) is 1.59. The van der Waals surface area contributed by atoms with Crippen molar-refractivity contribution < 1.29 is 19.0 Å². The number of anilines is 1. The van der Waals surface area contributed by atoms with E-state index in [0.717, 1.165) is 11.1 Å². The molecule has 8 heteroatoms. The van der Waals surface area contributed by atoms with Gasteiger partial charge in [-0.25, -0.2) is 14.2 Å². The third-order valence-electron chi connectivity index (χ3n) is 5.11. The van der Waals surface area contributed by atoms with Gasteiger partial charge < -0.3 is 14.7 Å². The Morgan fingerprint density at radius 3 is 2.62 bits per heavy atom. The average molecular weight is 471 g/mol. The minimum absolute atomic E-state index is 0.229. The molecule has 4 aromatic rings. The van der Waals surface area contributed by atoms with E-state index < -0.39 is 5.97 Å². The van der Waals surface area contributed by atoms with Crippen molar-refractivity contribution >= 4 is 44.3 Å². The van der Waals surface area contributed by atoms with Gasteiger partial charge in [0.2, 0.25) is 0 Å². The van der Waals surface area contributed by atoms with E-state index in [0.29, 0.717) is 45.6 Å². The monoisotopic (exact) mass is 470 g/mol. The maximum Gasteiger partial charge on any atom is 0.335 e. The Hall–Kier alpha value is -3.16. The van der Waals surface area contributed by atoms with E-state index >= 15 is 0 Å². The van der Waals surface area contributed by atoms with Crippen LogP contribution in [0.1, 0.15) is 21.5 Å². The van der Waals surface area contributed by atoms with Gasteiger partial charge in [0.1, 0.15) is 11.6 Å². The summed E-state index contributed by atoms with van der Waals surface area (Å²) in [4.78, 5) is 17.8. The molecule has 164 valence electrons. The molecule has 0 bridgehead atoms. The summed E-state index contributed by atoms with van der Waals surface area (Å²) in [5.74, 6) is -0.574. The van der Waals surface area contributed by atoms with Crippen LogP contribution in [0.15, 0.2) is 60.7 Å². The molecule has 1 aromatic heterocycles. The summed E-state index contributed by atoms with van der Waals surface area (Å²) < 4.78 is 20.0. The molecule has 0 spiro atoms. The average Bonchev–Trinajstić information content (AvgIpc) is 3.23. The molecular formula is C24H20ClFN2O3S. The zero-order chi connectivity index (χ0) is 22.7. The lowest BCUT2D eigenvalue weighted by atomic mass is 10.1. The number of nitrogens with zero attached hydrogens (tertiary/aromatic N) is 2. The van der Waals surface area contributed by atoms with E-state index in [4.69, 9.17) is 21.4 Å². The zero-order valence-corrected chi connectivity index (χ0v) is 18.8. The number of hydrogen-bond donors (Lipinski definition) is 1. The molecule has 0 aliphatic rings. The molecule has 0 amide bonds. The summed E-state index contributed by atoms with van der Waals surface area (Å²) in [5, 5.41) is 10.4. The van der Waals surface area contributed by atoms with Gasteiger partial charge in [-0.05, 0) is 53.9 Å². The van der Waals surface area contributed by atoms with Crippen LogP contribution < -0.4 is 9.64 Å². The number of fused-ring (bicyclic) bond motifs is 1. The maximum absolute atomic E-state index is 14.3. The van der Waals surface area contributed by atoms with Gasteiger partial charge in [-0.2, -0.15) is 0 Å². The fourth-order valence-corrected chi connectivity index (χ4v) is 4.63. The van der Waals surface area contributed by atoms with Crippen LogP contribution in [0.5, 0.6) is 5.75 Å². The summed E-state index contributed by atoms with van der Waals surface area (Å²) in [6, 6.07) is 17.2. The van der Waals surface area contributed by atoms with Crippen molar-refractivity contribution in [3.05, 3.63) is 88.2 Å². The molecule has 0 radical (unpaired) electrons. The van der Waals surface area contributed by atoms with Gasteiger partial charge in [0.15, 0.2) is 5.13 Å². The van der Waals surface area contributed by atoms with Gasteiger partial charge in [0.05, 0.1) is 22.9 Å². The third kappa shape index (κ3) is 4.84. The summed E-state index contributed by atoms with van der Waals surface area (Å²) in [6.07, 6.45) is 0.647. The first-order valence-electron chi connectivity index (χ1n) is 9.89. The molecule has 0 atom stereocenters. The summed E-state index contributed by atoms with van der Waals surface area (Å²) >= 11 is 7.71. The second kappa shape index (κ2) is 9.54. The van der Waals surface area contributed by atoms with Gasteiger partial charge in [-0.3, -0.25) is 0 Å². The quantitative estimate of drug-likeness (QED) is 0.340. The number of benzene rings is 3. The molecule has 0 aliphatic heterocycles. The second-order valence-electron chi connectivity index (χ2n) is 7.22. The second-order valence-corrected chi connectivity index (χ2v) is 8.60. The van der Waals surface area contributed by atoms with Crippen LogP contribution in [-0.4, -0.2) is 29.7 Å². The number of carboxylic acids is 1. The lowest BCUT2D eigenvalue weighted by Crippen LogP contribution is -2.25. The Balaban J connectivity index is 1.62. The van der Waals surface area contributed by atoms with Crippen molar-refractivity contribution in [2.75, 3.05) is 18.6 Å². The first kappa shape index (κ1) is 22.0. The number of rotatable bonds is 8. The molecule has 3 aromatic carbocycles. The molecule has 5 nitrogen and oxygen atoms in total. The Kier molecular flexibility index (Phi) is 6.58. The third-order valence-corrected chi connectivity index (χ3v) is 6.60. The Bertz CT molecular complexity index is 1260. The largest absolute Gasteiger partial charge is 0.497 e. The molecule has 1 heterocycles. The van der Waals surface area contributed by atoms with Crippen LogP contribution in [-0.2, 0) is 13.0 Å². The van der Waals surface area contributed by atoms with Crippen molar-refractivity contribution in [2.45, 2.75) is 13.0 Å². The van der Waals surface area contributed by atoms with E-state index in [1.54, 1.807) is 49.6 Å². The smallest absolute Gasteiger partial charge is 0.335 e. The lowest BCUT2D eigenvalue weighted by molar-refractivity contribution is 0.0697. The molecular weight excluding hydrogens is 451 g/mol.